The molecule has 1 rings (SSSR count). The number of hydrogen-bond donors (Lipinski definition) is 3. The van der Waals surface area contributed by atoms with Crippen molar-refractivity contribution >= 4 is 34.8 Å². The van der Waals surface area contributed by atoms with E-state index in [1.165, 1.54) is 12.1 Å². The number of nitrogens with one attached hydrogen (secondary N) is 1. The van der Waals surface area contributed by atoms with E-state index in [2.05, 4.69) is 5.32 Å². The van der Waals surface area contributed by atoms with Crippen LogP contribution in [-0.4, -0.2) is 23.2 Å². The molecule has 0 aromatic heterocycles. The lowest BCUT2D eigenvalue weighted by atomic mass is 10.0. The van der Waals surface area contributed by atoms with Gasteiger partial charge in [0, 0.05) is 12.2 Å². The Kier molecular flexibility index (Phi) is 5.47. The first kappa shape index (κ1) is 16.1. The number of rotatable bonds is 5. The zero-order valence-electron chi connectivity index (χ0n) is 11.0. The first-order chi connectivity index (χ1) is 8.76. The summed E-state index contributed by atoms with van der Waals surface area (Å²) < 4.78 is 0. The number of benzene rings is 1. The summed E-state index contributed by atoms with van der Waals surface area (Å²) in [5.74, 6) is -0.407. The van der Waals surface area contributed by atoms with Gasteiger partial charge in [-0.05, 0) is 25.5 Å². The molecule has 1 unspecified atom stereocenters. The SMILES string of the molecule is CCCC(C)(O)CNC(=O)c1cc(N)cc(Cl)c1Cl. The van der Waals surface area contributed by atoms with E-state index in [0.717, 1.165) is 6.42 Å². The first-order valence-corrected chi connectivity index (χ1v) is 6.77. The lowest BCUT2D eigenvalue weighted by Gasteiger charge is -2.23. The molecule has 19 heavy (non-hydrogen) atoms. The molecule has 0 heterocycles. The predicted octanol–water partition coefficient (Wildman–Crippen LogP) is 2.86. The monoisotopic (exact) mass is 304 g/mol. The van der Waals surface area contributed by atoms with Gasteiger partial charge in [-0.1, -0.05) is 36.5 Å². The summed E-state index contributed by atoms with van der Waals surface area (Å²) in [5, 5.41) is 13.0. The number of hydrogen-bond acceptors (Lipinski definition) is 3. The smallest absolute Gasteiger partial charge is 0.253 e. The normalized spacial score (nSPS) is 13.9. The van der Waals surface area contributed by atoms with Gasteiger partial charge in [0.15, 0.2) is 0 Å². The molecule has 0 aliphatic rings. The fraction of sp³-hybridized carbons (Fsp3) is 0.462. The first-order valence-electron chi connectivity index (χ1n) is 6.02. The average molecular weight is 305 g/mol. The Morgan fingerprint density at radius 1 is 1.47 bits per heavy atom. The van der Waals surface area contributed by atoms with Crippen molar-refractivity contribution in [3.05, 3.63) is 27.7 Å². The number of carbonyl (C=O) groups is 1. The fourth-order valence-electron chi connectivity index (χ4n) is 1.77. The van der Waals surface area contributed by atoms with E-state index >= 15 is 0 Å². The van der Waals surface area contributed by atoms with E-state index in [9.17, 15) is 9.90 Å². The van der Waals surface area contributed by atoms with E-state index in [1.807, 2.05) is 6.92 Å². The number of anilines is 1. The number of nitrogen functional groups attached to an aromatic ring is 1. The van der Waals surface area contributed by atoms with Gasteiger partial charge in [0.1, 0.15) is 0 Å². The number of halogens is 2. The zero-order chi connectivity index (χ0) is 14.6. The van der Waals surface area contributed by atoms with Gasteiger partial charge in [-0.3, -0.25) is 4.79 Å². The molecule has 1 aromatic carbocycles. The van der Waals surface area contributed by atoms with E-state index in [0.29, 0.717) is 12.1 Å². The Morgan fingerprint density at radius 3 is 2.68 bits per heavy atom. The summed E-state index contributed by atoms with van der Waals surface area (Å²) >= 11 is 11.8. The molecule has 6 heteroatoms. The van der Waals surface area contributed by atoms with Crippen molar-refractivity contribution in [2.45, 2.75) is 32.3 Å². The Morgan fingerprint density at radius 2 is 2.11 bits per heavy atom. The summed E-state index contributed by atoms with van der Waals surface area (Å²) in [4.78, 5) is 12.0. The lowest BCUT2D eigenvalue weighted by Crippen LogP contribution is -2.40. The minimum absolute atomic E-state index is 0.141. The Bertz CT molecular complexity index is 476. The van der Waals surface area contributed by atoms with Crippen LogP contribution in [-0.2, 0) is 0 Å². The highest BCUT2D eigenvalue weighted by Crippen LogP contribution is 2.28. The largest absolute Gasteiger partial charge is 0.399 e. The maximum Gasteiger partial charge on any atom is 0.253 e. The Hall–Kier alpha value is -0.970. The molecule has 0 radical (unpaired) electrons. The second kappa shape index (κ2) is 6.46. The van der Waals surface area contributed by atoms with Crippen molar-refractivity contribution in [3.63, 3.8) is 0 Å². The molecule has 4 nitrogen and oxygen atoms in total. The Balaban J connectivity index is 2.80. The van der Waals surface area contributed by atoms with Crippen LogP contribution < -0.4 is 11.1 Å². The van der Waals surface area contributed by atoms with Crippen molar-refractivity contribution < 1.29 is 9.90 Å². The van der Waals surface area contributed by atoms with Crippen LogP contribution in [0.4, 0.5) is 5.69 Å². The van der Waals surface area contributed by atoms with Crippen molar-refractivity contribution in [1.29, 1.82) is 0 Å². The van der Waals surface area contributed by atoms with Crippen LogP contribution in [0.15, 0.2) is 12.1 Å². The highest BCUT2D eigenvalue weighted by molar-refractivity contribution is 6.44. The van der Waals surface area contributed by atoms with Gasteiger partial charge in [-0.15, -0.1) is 0 Å². The van der Waals surface area contributed by atoms with E-state index in [1.54, 1.807) is 6.92 Å². The summed E-state index contributed by atoms with van der Waals surface area (Å²) in [7, 11) is 0. The third-order valence-corrected chi connectivity index (χ3v) is 3.52. The summed E-state index contributed by atoms with van der Waals surface area (Å²) in [6, 6.07) is 2.94. The predicted molar refractivity (Wildman–Crippen MR) is 78.7 cm³/mol. The quantitative estimate of drug-likeness (QED) is 0.732. The molecule has 0 aliphatic heterocycles. The van der Waals surface area contributed by atoms with Gasteiger partial charge in [0.05, 0.1) is 21.2 Å². The van der Waals surface area contributed by atoms with Crippen LogP contribution in [0.3, 0.4) is 0 Å². The highest BCUT2D eigenvalue weighted by Gasteiger charge is 2.21. The molecular formula is C13H18Cl2N2O2. The number of aliphatic hydroxyl groups is 1. The molecule has 0 bridgehead atoms. The standard InChI is InChI=1S/C13H18Cl2N2O2/c1-3-4-13(2,19)7-17-12(18)9-5-8(16)6-10(14)11(9)15/h5-6,19H,3-4,7,16H2,1-2H3,(H,17,18). The van der Waals surface area contributed by atoms with E-state index < -0.39 is 11.5 Å². The van der Waals surface area contributed by atoms with Gasteiger partial charge in [-0.2, -0.15) is 0 Å². The van der Waals surface area contributed by atoms with Crippen LogP contribution in [0, 0.1) is 0 Å². The topological polar surface area (TPSA) is 75.3 Å². The molecule has 0 fully saturated rings. The van der Waals surface area contributed by atoms with Crippen LogP contribution in [0.1, 0.15) is 37.0 Å². The molecule has 0 saturated carbocycles. The van der Waals surface area contributed by atoms with Crippen LogP contribution in [0.2, 0.25) is 10.0 Å². The second-order valence-corrected chi connectivity index (χ2v) is 5.58. The maximum atomic E-state index is 12.0. The highest BCUT2D eigenvalue weighted by atomic mass is 35.5. The van der Waals surface area contributed by atoms with Crippen molar-refractivity contribution in [2.24, 2.45) is 0 Å². The molecule has 1 amide bonds. The number of amides is 1. The van der Waals surface area contributed by atoms with E-state index in [-0.39, 0.29) is 22.2 Å². The summed E-state index contributed by atoms with van der Waals surface area (Å²) in [5.41, 5.74) is 5.25. The molecule has 1 aromatic rings. The molecule has 4 N–H and O–H groups in total. The number of carbonyl (C=O) groups excluding carboxylic acids is 1. The van der Waals surface area contributed by atoms with E-state index in [4.69, 9.17) is 28.9 Å². The van der Waals surface area contributed by atoms with Crippen molar-refractivity contribution in [1.82, 2.24) is 5.32 Å². The summed E-state index contributed by atoms with van der Waals surface area (Å²) in [6.07, 6.45) is 1.42. The van der Waals surface area contributed by atoms with Gasteiger partial charge in [0.25, 0.3) is 5.91 Å². The maximum absolute atomic E-state index is 12.0. The summed E-state index contributed by atoms with van der Waals surface area (Å²) in [6.45, 7) is 3.78. The van der Waals surface area contributed by atoms with Crippen molar-refractivity contribution in [3.8, 4) is 0 Å². The van der Waals surface area contributed by atoms with Crippen LogP contribution in [0.5, 0.6) is 0 Å². The lowest BCUT2D eigenvalue weighted by molar-refractivity contribution is 0.0469. The van der Waals surface area contributed by atoms with Gasteiger partial charge in [-0.25, -0.2) is 0 Å². The molecule has 1 atom stereocenters. The average Bonchev–Trinajstić information content (AvgIpc) is 2.31. The second-order valence-electron chi connectivity index (χ2n) is 4.79. The third kappa shape index (κ3) is 4.56. The molecule has 0 aliphatic carbocycles. The minimum Gasteiger partial charge on any atom is -0.399 e. The van der Waals surface area contributed by atoms with Gasteiger partial charge < -0.3 is 16.2 Å². The minimum atomic E-state index is -0.943. The molecule has 0 saturated heterocycles. The van der Waals surface area contributed by atoms with Crippen LogP contribution >= 0.6 is 23.2 Å². The molecular weight excluding hydrogens is 287 g/mol. The van der Waals surface area contributed by atoms with Gasteiger partial charge >= 0.3 is 0 Å². The van der Waals surface area contributed by atoms with Crippen molar-refractivity contribution in [2.75, 3.05) is 12.3 Å². The van der Waals surface area contributed by atoms with Gasteiger partial charge in [0.2, 0.25) is 0 Å². The zero-order valence-corrected chi connectivity index (χ0v) is 12.5. The molecule has 106 valence electrons. The fourth-order valence-corrected chi connectivity index (χ4v) is 2.19. The van der Waals surface area contributed by atoms with Crippen LogP contribution in [0.25, 0.3) is 0 Å². The molecule has 0 spiro atoms. The third-order valence-electron chi connectivity index (χ3n) is 2.71. The Labute approximate surface area is 122 Å². The number of nitrogens with two attached hydrogens (primary N) is 1.